The van der Waals surface area contributed by atoms with Crippen LogP contribution in [0.1, 0.15) is 57.3 Å². The van der Waals surface area contributed by atoms with Crippen LogP contribution in [0.15, 0.2) is 30.3 Å². The standard InChI is InChI=1S/C18H27NO/c1-13(2)15-10-16(12-18(3,4)11-15)19-17(20)14-8-6-5-7-9-14/h5-9,13,15-16H,10-12H2,1-4H3,(H,19,20). The molecule has 0 aliphatic heterocycles. The molecule has 2 rings (SSSR count). The lowest BCUT2D eigenvalue weighted by molar-refractivity contribution is 0.0821. The summed E-state index contributed by atoms with van der Waals surface area (Å²) in [6.45, 7) is 9.23. The van der Waals surface area contributed by atoms with Crippen molar-refractivity contribution in [3.8, 4) is 0 Å². The summed E-state index contributed by atoms with van der Waals surface area (Å²) in [5.74, 6) is 1.46. The molecule has 1 aromatic carbocycles. The molecule has 1 amide bonds. The van der Waals surface area contributed by atoms with Crippen LogP contribution < -0.4 is 5.32 Å². The summed E-state index contributed by atoms with van der Waals surface area (Å²) in [5.41, 5.74) is 1.08. The predicted molar refractivity (Wildman–Crippen MR) is 83.7 cm³/mol. The summed E-state index contributed by atoms with van der Waals surface area (Å²) in [5, 5.41) is 3.24. The van der Waals surface area contributed by atoms with Crippen LogP contribution in [0.2, 0.25) is 0 Å². The van der Waals surface area contributed by atoms with Gasteiger partial charge in [-0.25, -0.2) is 0 Å². The van der Waals surface area contributed by atoms with E-state index in [1.807, 2.05) is 30.3 Å². The molecule has 1 saturated carbocycles. The first kappa shape index (κ1) is 15.1. The third kappa shape index (κ3) is 3.84. The Morgan fingerprint density at radius 2 is 1.85 bits per heavy atom. The maximum absolute atomic E-state index is 12.3. The first-order valence-electron chi connectivity index (χ1n) is 7.73. The first-order chi connectivity index (χ1) is 9.37. The van der Waals surface area contributed by atoms with E-state index < -0.39 is 0 Å². The van der Waals surface area contributed by atoms with Crippen LogP contribution in [-0.4, -0.2) is 11.9 Å². The molecule has 1 aliphatic rings. The van der Waals surface area contributed by atoms with Crippen molar-refractivity contribution in [3.63, 3.8) is 0 Å². The third-order valence-electron chi connectivity index (χ3n) is 4.52. The molecular formula is C18H27NO. The van der Waals surface area contributed by atoms with E-state index in [0.29, 0.717) is 23.3 Å². The molecule has 0 heterocycles. The molecule has 1 N–H and O–H groups in total. The molecule has 0 bridgehead atoms. The van der Waals surface area contributed by atoms with E-state index in [0.717, 1.165) is 18.4 Å². The number of rotatable bonds is 3. The molecule has 20 heavy (non-hydrogen) atoms. The number of amides is 1. The van der Waals surface area contributed by atoms with E-state index >= 15 is 0 Å². The number of nitrogens with one attached hydrogen (secondary N) is 1. The Bertz CT molecular complexity index is 450. The number of hydrogen-bond donors (Lipinski definition) is 1. The summed E-state index contributed by atoms with van der Waals surface area (Å²) >= 11 is 0. The van der Waals surface area contributed by atoms with Crippen LogP contribution in [0.4, 0.5) is 0 Å². The average Bonchev–Trinajstić information content (AvgIpc) is 2.37. The van der Waals surface area contributed by atoms with Gasteiger partial charge in [-0.05, 0) is 48.6 Å². The Hall–Kier alpha value is -1.31. The summed E-state index contributed by atoms with van der Waals surface area (Å²) in [6.07, 6.45) is 3.46. The summed E-state index contributed by atoms with van der Waals surface area (Å²) < 4.78 is 0. The zero-order chi connectivity index (χ0) is 14.8. The van der Waals surface area contributed by atoms with E-state index in [1.54, 1.807) is 0 Å². The molecule has 0 spiro atoms. The zero-order valence-electron chi connectivity index (χ0n) is 13.1. The predicted octanol–water partition coefficient (Wildman–Crippen LogP) is 4.27. The number of carbonyl (C=O) groups is 1. The lowest BCUT2D eigenvalue weighted by atomic mass is 9.67. The quantitative estimate of drug-likeness (QED) is 0.875. The van der Waals surface area contributed by atoms with Crippen LogP contribution in [-0.2, 0) is 0 Å². The van der Waals surface area contributed by atoms with E-state index in [2.05, 4.69) is 33.0 Å². The fraction of sp³-hybridized carbons (Fsp3) is 0.611. The van der Waals surface area contributed by atoms with Crippen LogP contribution in [0, 0.1) is 17.3 Å². The second-order valence-electron chi connectivity index (χ2n) is 7.35. The summed E-state index contributed by atoms with van der Waals surface area (Å²) in [6, 6.07) is 9.83. The van der Waals surface area contributed by atoms with Crippen LogP contribution in [0.5, 0.6) is 0 Å². The Balaban J connectivity index is 2.03. The lowest BCUT2D eigenvalue weighted by Crippen LogP contribution is -2.44. The first-order valence-corrected chi connectivity index (χ1v) is 7.73. The average molecular weight is 273 g/mol. The van der Waals surface area contributed by atoms with Crippen molar-refractivity contribution in [3.05, 3.63) is 35.9 Å². The van der Waals surface area contributed by atoms with E-state index in [-0.39, 0.29) is 5.91 Å². The van der Waals surface area contributed by atoms with Gasteiger partial charge in [0.2, 0.25) is 0 Å². The van der Waals surface area contributed by atoms with Gasteiger partial charge in [-0.1, -0.05) is 45.9 Å². The van der Waals surface area contributed by atoms with Gasteiger partial charge in [0.05, 0.1) is 0 Å². The summed E-state index contributed by atoms with van der Waals surface area (Å²) in [7, 11) is 0. The van der Waals surface area contributed by atoms with Crippen molar-refractivity contribution >= 4 is 5.91 Å². The minimum Gasteiger partial charge on any atom is -0.349 e. The molecular weight excluding hydrogens is 246 g/mol. The highest BCUT2D eigenvalue weighted by Gasteiger charge is 2.35. The van der Waals surface area contributed by atoms with E-state index in [4.69, 9.17) is 0 Å². The molecule has 0 saturated heterocycles. The minimum absolute atomic E-state index is 0.0656. The normalized spacial score (nSPS) is 25.4. The molecule has 0 aromatic heterocycles. The van der Waals surface area contributed by atoms with Crippen LogP contribution >= 0.6 is 0 Å². The third-order valence-corrected chi connectivity index (χ3v) is 4.52. The van der Waals surface area contributed by atoms with Crippen molar-refractivity contribution in [1.82, 2.24) is 5.32 Å². The maximum atomic E-state index is 12.3. The van der Waals surface area contributed by atoms with Crippen molar-refractivity contribution in [2.75, 3.05) is 0 Å². The second-order valence-corrected chi connectivity index (χ2v) is 7.35. The SMILES string of the molecule is CC(C)C1CC(NC(=O)c2ccccc2)CC(C)(C)C1. The molecule has 2 atom stereocenters. The van der Waals surface area contributed by atoms with Gasteiger partial charge in [0.1, 0.15) is 0 Å². The Labute approximate surface area is 123 Å². The molecule has 2 nitrogen and oxygen atoms in total. The Kier molecular flexibility index (Phi) is 4.52. The van der Waals surface area contributed by atoms with Gasteiger partial charge in [-0.3, -0.25) is 4.79 Å². The highest BCUT2D eigenvalue weighted by molar-refractivity contribution is 5.94. The molecule has 2 unspecified atom stereocenters. The second kappa shape index (κ2) is 5.99. The van der Waals surface area contributed by atoms with Gasteiger partial charge in [0.15, 0.2) is 0 Å². The molecule has 1 fully saturated rings. The lowest BCUT2D eigenvalue weighted by Gasteiger charge is -2.42. The van der Waals surface area contributed by atoms with Crippen molar-refractivity contribution in [1.29, 1.82) is 0 Å². The Morgan fingerprint density at radius 1 is 1.20 bits per heavy atom. The number of carbonyl (C=O) groups excluding carboxylic acids is 1. The van der Waals surface area contributed by atoms with Crippen molar-refractivity contribution in [2.45, 2.75) is 53.0 Å². The highest BCUT2D eigenvalue weighted by atomic mass is 16.1. The van der Waals surface area contributed by atoms with E-state index in [1.165, 1.54) is 6.42 Å². The molecule has 1 aromatic rings. The minimum atomic E-state index is 0.0656. The van der Waals surface area contributed by atoms with Crippen LogP contribution in [0.25, 0.3) is 0 Å². The van der Waals surface area contributed by atoms with Gasteiger partial charge in [0, 0.05) is 11.6 Å². The smallest absolute Gasteiger partial charge is 0.251 e. The van der Waals surface area contributed by atoms with Crippen molar-refractivity contribution in [2.24, 2.45) is 17.3 Å². The molecule has 110 valence electrons. The van der Waals surface area contributed by atoms with Gasteiger partial charge >= 0.3 is 0 Å². The number of hydrogen-bond acceptors (Lipinski definition) is 1. The topological polar surface area (TPSA) is 29.1 Å². The fourth-order valence-electron chi connectivity index (χ4n) is 3.47. The molecule has 1 aliphatic carbocycles. The zero-order valence-corrected chi connectivity index (χ0v) is 13.1. The van der Waals surface area contributed by atoms with Gasteiger partial charge in [-0.15, -0.1) is 0 Å². The Morgan fingerprint density at radius 3 is 2.45 bits per heavy atom. The molecule has 0 radical (unpaired) electrons. The molecule has 2 heteroatoms. The van der Waals surface area contributed by atoms with Gasteiger partial charge < -0.3 is 5.32 Å². The van der Waals surface area contributed by atoms with Crippen molar-refractivity contribution < 1.29 is 4.79 Å². The number of benzene rings is 1. The summed E-state index contributed by atoms with van der Waals surface area (Å²) in [4.78, 5) is 12.3. The van der Waals surface area contributed by atoms with Crippen LogP contribution in [0.3, 0.4) is 0 Å². The largest absolute Gasteiger partial charge is 0.349 e. The van der Waals surface area contributed by atoms with E-state index in [9.17, 15) is 4.79 Å². The fourth-order valence-corrected chi connectivity index (χ4v) is 3.47. The van der Waals surface area contributed by atoms with Gasteiger partial charge in [-0.2, -0.15) is 0 Å². The maximum Gasteiger partial charge on any atom is 0.251 e. The highest BCUT2D eigenvalue weighted by Crippen LogP contribution is 2.41. The van der Waals surface area contributed by atoms with Gasteiger partial charge in [0.25, 0.3) is 5.91 Å². The monoisotopic (exact) mass is 273 g/mol.